The monoisotopic (exact) mass is 209 g/mol. The van der Waals surface area contributed by atoms with Crippen molar-refractivity contribution in [3.05, 3.63) is 33.9 Å². The fourth-order valence-electron chi connectivity index (χ4n) is 1.21. The number of nitrogens with two attached hydrogens (primary N) is 1. The summed E-state index contributed by atoms with van der Waals surface area (Å²) in [4.78, 5) is 10.1. The van der Waals surface area contributed by atoms with E-state index in [0.29, 0.717) is 5.56 Å². The molecule has 0 spiro atoms. The van der Waals surface area contributed by atoms with Crippen LogP contribution in [-0.4, -0.2) is 17.9 Å². The van der Waals surface area contributed by atoms with Crippen LogP contribution in [0.25, 0.3) is 0 Å². The molecule has 0 saturated carbocycles. The topological polar surface area (TPSA) is 102 Å². The Hall–Kier alpha value is -2.11. The van der Waals surface area contributed by atoms with Crippen LogP contribution >= 0.6 is 0 Å². The molecular weight excluding hydrogens is 198 g/mol. The molecule has 15 heavy (non-hydrogen) atoms. The van der Waals surface area contributed by atoms with Crippen LogP contribution in [0.5, 0.6) is 5.75 Å². The summed E-state index contributed by atoms with van der Waals surface area (Å²) in [7, 11) is 1.37. The number of nitrogens with zero attached hydrogens (tertiary/aromatic N) is 1. The predicted molar refractivity (Wildman–Crippen MR) is 55.3 cm³/mol. The van der Waals surface area contributed by atoms with E-state index in [9.17, 15) is 10.1 Å². The van der Waals surface area contributed by atoms with Gasteiger partial charge in [-0.15, -0.1) is 0 Å². The zero-order valence-electron chi connectivity index (χ0n) is 8.19. The first-order valence-electron chi connectivity index (χ1n) is 4.18. The van der Waals surface area contributed by atoms with E-state index < -0.39 is 4.92 Å². The van der Waals surface area contributed by atoms with Gasteiger partial charge in [-0.1, -0.05) is 6.07 Å². The smallest absolute Gasteiger partial charge is 0.311 e. The number of hydrogen-bond donors (Lipinski definition) is 2. The van der Waals surface area contributed by atoms with Crippen molar-refractivity contribution in [3.63, 3.8) is 0 Å². The number of rotatable bonds is 4. The second-order valence-electron chi connectivity index (χ2n) is 2.97. The number of benzene rings is 1. The minimum absolute atomic E-state index is 0.0329. The molecule has 3 N–H and O–H groups in total. The molecule has 6 heteroatoms. The van der Waals surface area contributed by atoms with Crippen molar-refractivity contribution < 1.29 is 9.66 Å². The molecule has 0 aliphatic carbocycles. The van der Waals surface area contributed by atoms with Crippen molar-refractivity contribution in [1.82, 2.24) is 0 Å². The second kappa shape index (κ2) is 4.41. The van der Waals surface area contributed by atoms with E-state index >= 15 is 0 Å². The maximum Gasteiger partial charge on any atom is 0.311 e. The third-order valence-corrected chi connectivity index (χ3v) is 1.83. The van der Waals surface area contributed by atoms with E-state index in [-0.39, 0.29) is 23.7 Å². The van der Waals surface area contributed by atoms with Gasteiger partial charge < -0.3 is 10.5 Å². The normalized spacial score (nSPS) is 9.67. The highest BCUT2D eigenvalue weighted by Gasteiger charge is 2.15. The van der Waals surface area contributed by atoms with E-state index in [1.54, 1.807) is 6.07 Å². The van der Waals surface area contributed by atoms with Gasteiger partial charge in [-0.2, -0.15) is 0 Å². The van der Waals surface area contributed by atoms with Crippen LogP contribution in [0.1, 0.15) is 5.56 Å². The van der Waals surface area contributed by atoms with Gasteiger partial charge in [-0.3, -0.25) is 15.5 Å². The quantitative estimate of drug-likeness (QED) is 0.335. The van der Waals surface area contributed by atoms with Crippen LogP contribution in [-0.2, 0) is 6.42 Å². The standard InChI is InChI=1S/C9H11N3O3/c1-15-8-3-2-6(5-9(10)11)4-7(8)12(13)14/h2-4H,5H2,1H3,(H3,10,11). The van der Waals surface area contributed by atoms with E-state index in [2.05, 4.69) is 0 Å². The van der Waals surface area contributed by atoms with Gasteiger partial charge in [-0.05, 0) is 11.6 Å². The number of ether oxygens (including phenoxy) is 1. The van der Waals surface area contributed by atoms with Crippen molar-refractivity contribution in [1.29, 1.82) is 5.41 Å². The molecule has 0 heterocycles. The van der Waals surface area contributed by atoms with Crippen molar-refractivity contribution in [3.8, 4) is 5.75 Å². The fraction of sp³-hybridized carbons (Fsp3) is 0.222. The van der Waals surface area contributed by atoms with E-state index in [1.165, 1.54) is 19.2 Å². The second-order valence-corrected chi connectivity index (χ2v) is 2.97. The van der Waals surface area contributed by atoms with Crippen molar-refractivity contribution in [2.24, 2.45) is 5.73 Å². The number of nitro benzene ring substituents is 1. The highest BCUT2D eigenvalue weighted by Crippen LogP contribution is 2.27. The summed E-state index contributed by atoms with van der Waals surface area (Å²) in [6, 6.07) is 4.50. The summed E-state index contributed by atoms with van der Waals surface area (Å²) in [5, 5.41) is 17.7. The summed E-state index contributed by atoms with van der Waals surface area (Å²) in [6.45, 7) is 0. The van der Waals surface area contributed by atoms with Crippen LogP contribution in [0, 0.1) is 15.5 Å². The van der Waals surface area contributed by atoms with Crippen LogP contribution in [0.2, 0.25) is 0 Å². The molecule has 0 radical (unpaired) electrons. The van der Waals surface area contributed by atoms with E-state index in [4.69, 9.17) is 15.9 Å². The summed E-state index contributed by atoms with van der Waals surface area (Å²) >= 11 is 0. The summed E-state index contributed by atoms with van der Waals surface area (Å²) in [5.41, 5.74) is 5.71. The van der Waals surface area contributed by atoms with Gasteiger partial charge in [0.05, 0.1) is 17.9 Å². The van der Waals surface area contributed by atoms with Gasteiger partial charge in [0.1, 0.15) is 0 Å². The Morgan fingerprint density at radius 1 is 1.67 bits per heavy atom. The first-order chi connectivity index (χ1) is 7.04. The molecule has 0 aromatic heterocycles. The molecule has 0 unspecified atom stereocenters. The number of nitro groups is 1. The predicted octanol–water partition coefficient (Wildman–Crippen LogP) is 1.08. The largest absolute Gasteiger partial charge is 0.490 e. The number of hydrogen-bond acceptors (Lipinski definition) is 4. The summed E-state index contributed by atoms with van der Waals surface area (Å²) < 4.78 is 4.84. The van der Waals surface area contributed by atoms with Gasteiger partial charge in [0, 0.05) is 12.5 Å². The molecule has 1 aromatic carbocycles. The lowest BCUT2D eigenvalue weighted by atomic mass is 10.1. The molecule has 0 saturated heterocycles. The zero-order chi connectivity index (χ0) is 11.4. The number of amidine groups is 1. The van der Waals surface area contributed by atoms with Gasteiger partial charge in [-0.25, -0.2) is 0 Å². The first kappa shape index (κ1) is 11.0. The molecule has 0 bridgehead atoms. The van der Waals surface area contributed by atoms with Gasteiger partial charge >= 0.3 is 5.69 Å². The Kier molecular flexibility index (Phi) is 3.22. The van der Waals surface area contributed by atoms with Crippen LogP contribution < -0.4 is 10.5 Å². The summed E-state index contributed by atoms with van der Waals surface area (Å²) in [5.74, 6) is 0.168. The summed E-state index contributed by atoms with van der Waals surface area (Å²) in [6.07, 6.45) is 0.199. The lowest BCUT2D eigenvalue weighted by Gasteiger charge is -2.03. The molecular formula is C9H11N3O3. The van der Waals surface area contributed by atoms with Gasteiger partial charge in [0.25, 0.3) is 0 Å². The molecule has 0 atom stereocenters. The Labute approximate surface area is 86.3 Å². The van der Waals surface area contributed by atoms with Crippen molar-refractivity contribution >= 4 is 11.5 Å². The SMILES string of the molecule is COc1ccc(CC(=N)N)cc1[N+](=O)[O-]. The fourth-order valence-corrected chi connectivity index (χ4v) is 1.21. The average molecular weight is 209 g/mol. The molecule has 0 aliphatic heterocycles. The first-order valence-corrected chi connectivity index (χ1v) is 4.18. The van der Waals surface area contributed by atoms with Crippen molar-refractivity contribution in [2.75, 3.05) is 7.11 Å². The van der Waals surface area contributed by atoms with Gasteiger partial charge in [0.2, 0.25) is 0 Å². The Bertz CT molecular complexity index is 404. The minimum atomic E-state index is -0.525. The van der Waals surface area contributed by atoms with Crippen LogP contribution in [0.4, 0.5) is 5.69 Å². The average Bonchev–Trinajstić information content (AvgIpc) is 2.16. The minimum Gasteiger partial charge on any atom is -0.490 e. The third-order valence-electron chi connectivity index (χ3n) is 1.83. The maximum atomic E-state index is 10.7. The molecule has 1 aromatic rings. The number of nitrogens with one attached hydrogen (secondary N) is 1. The Morgan fingerprint density at radius 3 is 2.80 bits per heavy atom. The van der Waals surface area contributed by atoms with Crippen LogP contribution in [0.15, 0.2) is 18.2 Å². The lowest BCUT2D eigenvalue weighted by Crippen LogP contribution is -2.12. The van der Waals surface area contributed by atoms with E-state index in [0.717, 1.165) is 0 Å². The molecule has 0 fully saturated rings. The lowest BCUT2D eigenvalue weighted by molar-refractivity contribution is -0.385. The van der Waals surface area contributed by atoms with Crippen molar-refractivity contribution in [2.45, 2.75) is 6.42 Å². The zero-order valence-corrected chi connectivity index (χ0v) is 8.19. The molecule has 1 rings (SSSR count). The Morgan fingerprint density at radius 2 is 2.33 bits per heavy atom. The Balaban J connectivity index is 3.10. The highest BCUT2D eigenvalue weighted by atomic mass is 16.6. The maximum absolute atomic E-state index is 10.7. The molecule has 80 valence electrons. The van der Waals surface area contributed by atoms with Crippen LogP contribution in [0.3, 0.4) is 0 Å². The van der Waals surface area contributed by atoms with E-state index in [1.807, 2.05) is 0 Å². The number of methoxy groups -OCH3 is 1. The molecule has 6 nitrogen and oxygen atoms in total. The third kappa shape index (κ3) is 2.67. The molecule has 0 aliphatic rings. The van der Waals surface area contributed by atoms with Gasteiger partial charge in [0.15, 0.2) is 5.75 Å². The highest BCUT2D eigenvalue weighted by molar-refractivity contribution is 5.79. The molecule has 0 amide bonds.